The van der Waals surface area contributed by atoms with E-state index in [-0.39, 0.29) is 11.2 Å². The van der Waals surface area contributed by atoms with Crippen LogP contribution in [0.5, 0.6) is 11.5 Å². The number of aryl methyl sites for hydroxylation is 1. The SMILES string of the molecule is COc1ccc(OC)c(NC(=O)C(C)Sc2cc(C)c3ccccc3n2)c1. The third kappa shape index (κ3) is 4.34. The molecule has 1 unspecified atom stereocenters. The van der Waals surface area contributed by atoms with Gasteiger partial charge in [-0.25, -0.2) is 4.98 Å². The van der Waals surface area contributed by atoms with Crippen LogP contribution in [0.2, 0.25) is 0 Å². The number of methoxy groups -OCH3 is 2. The fourth-order valence-corrected chi connectivity index (χ4v) is 3.68. The molecule has 1 amide bonds. The molecule has 0 saturated carbocycles. The molecule has 0 radical (unpaired) electrons. The molecule has 1 N–H and O–H groups in total. The average Bonchev–Trinajstić information content (AvgIpc) is 2.67. The van der Waals surface area contributed by atoms with E-state index in [4.69, 9.17) is 9.47 Å². The van der Waals surface area contributed by atoms with Crippen molar-refractivity contribution in [2.45, 2.75) is 24.1 Å². The molecule has 1 heterocycles. The van der Waals surface area contributed by atoms with E-state index in [1.165, 1.54) is 11.8 Å². The van der Waals surface area contributed by atoms with Crippen LogP contribution in [0.25, 0.3) is 10.9 Å². The van der Waals surface area contributed by atoms with Crippen molar-refractivity contribution in [3.05, 3.63) is 54.1 Å². The quantitative estimate of drug-likeness (QED) is 0.627. The highest BCUT2D eigenvalue weighted by Gasteiger charge is 2.18. The first-order valence-electron chi connectivity index (χ1n) is 8.57. The second kappa shape index (κ2) is 8.31. The number of anilines is 1. The molecule has 0 aliphatic heterocycles. The van der Waals surface area contributed by atoms with Gasteiger partial charge >= 0.3 is 0 Å². The summed E-state index contributed by atoms with van der Waals surface area (Å²) >= 11 is 1.43. The zero-order chi connectivity index (χ0) is 19.4. The van der Waals surface area contributed by atoms with Crippen LogP contribution in [0.1, 0.15) is 12.5 Å². The summed E-state index contributed by atoms with van der Waals surface area (Å²) in [6.07, 6.45) is 0. The van der Waals surface area contributed by atoms with E-state index in [0.717, 1.165) is 21.5 Å². The molecule has 3 aromatic rings. The first-order chi connectivity index (χ1) is 13.0. The van der Waals surface area contributed by atoms with E-state index in [9.17, 15) is 4.79 Å². The van der Waals surface area contributed by atoms with Crippen molar-refractivity contribution in [2.75, 3.05) is 19.5 Å². The standard InChI is InChI=1S/C21H22N2O3S/c1-13-11-20(22-17-8-6-5-7-16(13)17)27-14(2)21(24)23-18-12-15(25-3)9-10-19(18)26-4/h5-12,14H,1-4H3,(H,23,24). The Balaban J connectivity index is 1.77. The van der Waals surface area contributed by atoms with E-state index in [2.05, 4.69) is 23.3 Å². The molecule has 0 saturated heterocycles. The minimum Gasteiger partial charge on any atom is -0.497 e. The highest BCUT2D eigenvalue weighted by Crippen LogP contribution is 2.31. The minimum absolute atomic E-state index is 0.126. The molecule has 3 rings (SSSR count). The van der Waals surface area contributed by atoms with E-state index in [1.807, 2.05) is 31.2 Å². The van der Waals surface area contributed by atoms with Gasteiger partial charge in [0, 0.05) is 11.5 Å². The van der Waals surface area contributed by atoms with Crippen molar-refractivity contribution < 1.29 is 14.3 Å². The van der Waals surface area contributed by atoms with E-state index < -0.39 is 0 Å². The van der Waals surface area contributed by atoms with Crippen molar-refractivity contribution >= 4 is 34.3 Å². The van der Waals surface area contributed by atoms with E-state index >= 15 is 0 Å². The van der Waals surface area contributed by atoms with Gasteiger partial charge in [0.15, 0.2) is 0 Å². The van der Waals surface area contributed by atoms with Gasteiger partial charge in [0.25, 0.3) is 0 Å². The summed E-state index contributed by atoms with van der Waals surface area (Å²) in [4.78, 5) is 17.3. The molecule has 0 aliphatic carbocycles. The molecule has 0 spiro atoms. The molecular formula is C21H22N2O3S. The number of aromatic nitrogens is 1. The number of pyridine rings is 1. The summed E-state index contributed by atoms with van der Waals surface area (Å²) in [5, 5.41) is 4.54. The lowest BCUT2D eigenvalue weighted by atomic mass is 10.1. The molecule has 1 aromatic heterocycles. The molecule has 140 valence electrons. The maximum Gasteiger partial charge on any atom is 0.237 e. The van der Waals surface area contributed by atoms with Crippen molar-refractivity contribution in [3.8, 4) is 11.5 Å². The second-order valence-electron chi connectivity index (χ2n) is 6.11. The average molecular weight is 382 g/mol. The lowest BCUT2D eigenvalue weighted by Gasteiger charge is -2.15. The van der Waals surface area contributed by atoms with Gasteiger partial charge in [-0.15, -0.1) is 0 Å². The lowest BCUT2D eigenvalue weighted by molar-refractivity contribution is -0.115. The summed E-state index contributed by atoms with van der Waals surface area (Å²) in [5.74, 6) is 1.11. The number of benzene rings is 2. The normalized spacial score (nSPS) is 11.9. The largest absolute Gasteiger partial charge is 0.497 e. The summed E-state index contributed by atoms with van der Waals surface area (Å²) in [6, 6.07) is 15.3. The third-order valence-electron chi connectivity index (χ3n) is 4.23. The maximum atomic E-state index is 12.7. The molecule has 0 bridgehead atoms. The van der Waals surface area contributed by atoms with Crippen LogP contribution >= 0.6 is 11.8 Å². The molecule has 0 fully saturated rings. The number of rotatable bonds is 6. The summed E-state index contributed by atoms with van der Waals surface area (Å²) in [7, 11) is 3.15. The summed E-state index contributed by atoms with van der Waals surface area (Å²) in [5.41, 5.74) is 2.66. The van der Waals surface area contributed by atoms with Gasteiger partial charge in [-0.05, 0) is 43.7 Å². The first kappa shape index (κ1) is 19.0. The maximum absolute atomic E-state index is 12.7. The number of thioether (sulfide) groups is 1. The number of hydrogen-bond donors (Lipinski definition) is 1. The van der Waals surface area contributed by atoms with Gasteiger partial charge in [-0.3, -0.25) is 4.79 Å². The second-order valence-corrected chi connectivity index (χ2v) is 7.47. The minimum atomic E-state index is -0.325. The van der Waals surface area contributed by atoms with Gasteiger partial charge in [0.05, 0.1) is 35.7 Å². The molecule has 1 atom stereocenters. The van der Waals surface area contributed by atoms with Crippen LogP contribution < -0.4 is 14.8 Å². The lowest BCUT2D eigenvalue weighted by Crippen LogP contribution is -2.22. The topological polar surface area (TPSA) is 60.5 Å². The molecule has 0 aliphatic rings. The van der Waals surface area contributed by atoms with E-state index in [1.54, 1.807) is 32.4 Å². The Morgan fingerprint density at radius 1 is 1.11 bits per heavy atom. The van der Waals surface area contributed by atoms with Gasteiger partial charge in [-0.1, -0.05) is 30.0 Å². The van der Waals surface area contributed by atoms with Crippen LogP contribution in [-0.4, -0.2) is 30.4 Å². The third-order valence-corrected chi connectivity index (χ3v) is 5.25. The van der Waals surface area contributed by atoms with E-state index in [0.29, 0.717) is 17.2 Å². The number of hydrogen-bond acceptors (Lipinski definition) is 5. The number of carbonyl (C=O) groups is 1. The van der Waals surface area contributed by atoms with Crippen LogP contribution in [0, 0.1) is 6.92 Å². The number of nitrogens with one attached hydrogen (secondary N) is 1. The van der Waals surface area contributed by atoms with Crippen molar-refractivity contribution in [1.82, 2.24) is 4.98 Å². The Kier molecular flexibility index (Phi) is 5.86. The molecule has 6 heteroatoms. The Morgan fingerprint density at radius 2 is 1.89 bits per heavy atom. The Labute approximate surface area is 163 Å². The Bertz CT molecular complexity index is 975. The van der Waals surface area contributed by atoms with Crippen LogP contribution in [0.15, 0.2) is 53.6 Å². The molecule has 5 nitrogen and oxygen atoms in total. The van der Waals surface area contributed by atoms with Crippen LogP contribution in [0.3, 0.4) is 0 Å². The van der Waals surface area contributed by atoms with Crippen LogP contribution in [-0.2, 0) is 4.79 Å². The highest BCUT2D eigenvalue weighted by atomic mass is 32.2. The summed E-state index contributed by atoms with van der Waals surface area (Å²) in [6.45, 7) is 3.92. The first-order valence-corrected chi connectivity index (χ1v) is 9.45. The number of nitrogens with zero attached hydrogens (tertiary/aromatic N) is 1. The monoisotopic (exact) mass is 382 g/mol. The van der Waals surface area contributed by atoms with Gasteiger partial charge in [0.2, 0.25) is 5.91 Å². The van der Waals surface area contributed by atoms with Gasteiger partial charge < -0.3 is 14.8 Å². The Hall–Kier alpha value is -2.73. The smallest absolute Gasteiger partial charge is 0.237 e. The number of ether oxygens (including phenoxy) is 2. The zero-order valence-corrected chi connectivity index (χ0v) is 16.6. The van der Waals surface area contributed by atoms with Crippen LogP contribution in [0.4, 0.5) is 5.69 Å². The molecule has 27 heavy (non-hydrogen) atoms. The number of para-hydroxylation sites is 1. The predicted molar refractivity (Wildman–Crippen MR) is 110 cm³/mol. The summed E-state index contributed by atoms with van der Waals surface area (Å²) < 4.78 is 10.5. The van der Waals surface area contributed by atoms with Gasteiger partial charge in [-0.2, -0.15) is 0 Å². The predicted octanol–water partition coefficient (Wildman–Crippen LogP) is 4.68. The molecule has 2 aromatic carbocycles. The fourth-order valence-electron chi connectivity index (χ4n) is 2.76. The van der Waals surface area contributed by atoms with Crippen molar-refractivity contribution in [1.29, 1.82) is 0 Å². The fraction of sp³-hybridized carbons (Fsp3) is 0.238. The number of amides is 1. The Morgan fingerprint density at radius 3 is 2.63 bits per heavy atom. The zero-order valence-electron chi connectivity index (χ0n) is 15.8. The number of carbonyl (C=O) groups excluding carboxylic acids is 1. The van der Waals surface area contributed by atoms with Crippen molar-refractivity contribution in [2.24, 2.45) is 0 Å². The van der Waals surface area contributed by atoms with Gasteiger partial charge in [0.1, 0.15) is 11.5 Å². The number of fused-ring (bicyclic) bond motifs is 1. The highest BCUT2D eigenvalue weighted by molar-refractivity contribution is 8.00. The molecular weight excluding hydrogens is 360 g/mol. The van der Waals surface area contributed by atoms with Crippen molar-refractivity contribution in [3.63, 3.8) is 0 Å².